The Morgan fingerprint density at radius 1 is 0.408 bits per heavy atom. The number of fused-ring (bicyclic) bond motifs is 11. The van der Waals surface area contributed by atoms with Gasteiger partial charge in [-0.15, -0.1) is 0 Å². The third kappa shape index (κ3) is 3.70. The van der Waals surface area contributed by atoms with Crippen molar-refractivity contribution in [1.82, 2.24) is 14.5 Å². The molecule has 0 saturated carbocycles. The van der Waals surface area contributed by atoms with Gasteiger partial charge in [0.05, 0.1) is 33.2 Å². The second-order valence-electron chi connectivity index (χ2n) is 12.5. The summed E-state index contributed by atoms with van der Waals surface area (Å²) in [5.41, 5.74) is 10.1. The van der Waals surface area contributed by atoms with Crippen LogP contribution in [0.25, 0.3) is 105 Å². The topological polar surface area (TPSA) is 57.0 Å². The van der Waals surface area contributed by atoms with Gasteiger partial charge >= 0.3 is 0 Å². The van der Waals surface area contributed by atoms with E-state index in [0.717, 1.165) is 99.1 Å². The van der Waals surface area contributed by atoms with Gasteiger partial charge in [-0.2, -0.15) is 0 Å². The molecule has 0 bridgehead atoms. The minimum atomic E-state index is 0.606. The Balaban J connectivity index is 1.20. The number of para-hydroxylation sites is 6. The second-order valence-corrected chi connectivity index (χ2v) is 12.5. The van der Waals surface area contributed by atoms with Crippen LogP contribution < -0.4 is 0 Å². The van der Waals surface area contributed by atoms with Gasteiger partial charge in [-0.05, 0) is 54.6 Å². The molecule has 0 spiro atoms. The summed E-state index contributed by atoms with van der Waals surface area (Å²) in [6.07, 6.45) is 0. The van der Waals surface area contributed by atoms with Crippen LogP contribution in [0.1, 0.15) is 0 Å². The van der Waals surface area contributed by atoms with Gasteiger partial charge < -0.3 is 13.4 Å². The quantitative estimate of drug-likeness (QED) is 0.196. The number of furan rings is 2. The van der Waals surface area contributed by atoms with Gasteiger partial charge in [0.25, 0.3) is 0 Å². The van der Waals surface area contributed by atoms with Crippen LogP contribution in [-0.2, 0) is 0 Å². The molecule has 0 fully saturated rings. The molecule has 11 rings (SSSR count). The smallest absolute Gasteiger partial charge is 0.164 e. The molecule has 11 aromatic rings. The van der Waals surface area contributed by atoms with E-state index in [1.807, 2.05) is 42.5 Å². The molecule has 0 aliphatic heterocycles. The predicted octanol–water partition coefficient (Wildman–Crippen LogP) is 11.9. The molecule has 5 heteroatoms. The van der Waals surface area contributed by atoms with E-state index in [-0.39, 0.29) is 0 Å². The Morgan fingerprint density at radius 3 is 1.94 bits per heavy atom. The average Bonchev–Trinajstić information content (AvgIpc) is 3.84. The minimum Gasteiger partial charge on any atom is -0.455 e. The summed E-state index contributed by atoms with van der Waals surface area (Å²) in [5, 5.41) is 7.45. The molecular formula is C44H25N3O2. The van der Waals surface area contributed by atoms with E-state index in [9.17, 15) is 0 Å². The average molecular weight is 628 g/mol. The maximum Gasteiger partial charge on any atom is 0.164 e. The van der Waals surface area contributed by atoms with Crippen molar-refractivity contribution in [2.24, 2.45) is 0 Å². The van der Waals surface area contributed by atoms with Crippen molar-refractivity contribution in [3.8, 4) is 28.3 Å². The second kappa shape index (κ2) is 9.89. The fourth-order valence-corrected chi connectivity index (χ4v) is 7.68. The lowest BCUT2D eigenvalue weighted by Gasteiger charge is -2.10. The number of nitrogens with zero attached hydrogens (tertiary/aromatic N) is 3. The summed E-state index contributed by atoms with van der Waals surface area (Å²) in [7, 11) is 0. The normalized spacial score (nSPS) is 12.1. The zero-order valence-corrected chi connectivity index (χ0v) is 26.1. The molecule has 0 saturated heterocycles. The number of rotatable bonds is 3. The lowest BCUT2D eigenvalue weighted by molar-refractivity contribution is 0.670. The first-order valence-electron chi connectivity index (χ1n) is 16.4. The molecule has 4 aromatic heterocycles. The first-order chi connectivity index (χ1) is 24.3. The molecule has 228 valence electrons. The van der Waals surface area contributed by atoms with E-state index in [1.165, 1.54) is 0 Å². The van der Waals surface area contributed by atoms with Crippen LogP contribution in [-0.4, -0.2) is 14.5 Å². The van der Waals surface area contributed by atoms with Gasteiger partial charge in [0.15, 0.2) is 5.82 Å². The van der Waals surface area contributed by atoms with Gasteiger partial charge in [0.2, 0.25) is 0 Å². The van der Waals surface area contributed by atoms with Crippen LogP contribution in [0.5, 0.6) is 0 Å². The third-order valence-electron chi connectivity index (χ3n) is 9.82. The van der Waals surface area contributed by atoms with Gasteiger partial charge in [0.1, 0.15) is 22.3 Å². The molecule has 49 heavy (non-hydrogen) atoms. The zero-order chi connectivity index (χ0) is 32.1. The highest BCUT2D eigenvalue weighted by Crippen LogP contribution is 2.43. The molecule has 7 aromatic carbocycles. The van der Waals surface area contributed by atoms with Crippen LogP contribution in [0.15, 0.2) is 160 Å². The van der Waals surface area contributed by atoms with Crippen LogP contribution in [0.3, 0.4) is 0 Å². The van der Waals surface area contributed by atoms with Gasteiger partial charge in [-0.25, -0.2) is 9.97 Å². The van der Waals surface area contributed by atoms with Crippen molar-refractivity contribution >= 4 is 76.6 Å². The summed E-state index contributed by atoms with van der Waals surface area (Å²) < 4.78 is 15.8. The van der Waals surface area contributed by atoms with E-state index < -0.39 is 0 Å². The Morgan fingerprint density at radius 2 is 1.06 bits per heavy atom. The van der Waals surface area contributed by atoms with Gasteiger partial charge in [0, 0.05) is 43.6 Å². The van der Waals surface area contributed by atoms with Crippen molar-refractivity contribution in [1.29, 1.82) is 0 Å². The van der Waals surface area contributed by atoms with Crippen LogP contribution in [0.2, 0.25) is 0 Å². The summed E-state index contributed by atoms with van der Waals surface area (Å²) in [5.74, 6) is 0.606. The summed E-state index contributed by atoms with van der Waals surface area (Å²) in [6, 6.07) is 52.3. The van der Waals surface area contributed by atoms with E-state index in [2.05, 4.69) is 114 Å². The summed E-state index contributed by atoms with van der Waals surface area (Å²) in [6.45, 7) is 0. The van der Waals surface area contributed by atoms with Crippen molar-refractivity contribution in [3.63, 3.8) is 0 Å². The molecule has 0 aliphatic rings. The highest BCUT2D eigenvalue weighted by Gasteiger charge is 2.22. The Kier molecular flexibility index (Phi) is 5.32. The van der Waals surface area contributed by atoms with Crippen molar-refractivity contribution in [3.05, 3.63) is 152 Å². The maximum absolute atomic E-state index is 6.96. The summed E-state index contributed by atoms with van der Waals surface area (Å²) >= 11 is 0. The van der Waals surface area contributed by atoms with E-state index in [1.54, 1.807) is 0 Å². The number of benzene rings is 7. The van der Waals surface area contributed by atoms with E-state index in [0.29, 0.717) is 5.82 Å². The highest BCUT2D eigenvalue weighted by molar-refractivity contribution is 6.24. The standard InChI is InChI=1S/C44H25N3O2/c1-2-12-26(13-3-1)47-36-22-8-5-16-32(36)39-37(47)25-24-30-29-18-11-20-34(42(29)49-43(30)39)44-45-35-21-7-4-15-31(35)40(46-44)33-19-10-17-28-27-14-6-9-23-38(27)48-41(28)33/h1-25H. The van der Waals surface area contributed by atoms with Gasteiger partial charge in [-0.3, -0.25) is 0 Å². The lowest BCUT2D eigenvalue weighted by atomic mass is 10.0. The maximum atomic E-state index is 6.96. The van der Waals surface area contributed by atoms with E-state index >= 15 is 0 Å². The summed E-state index contributed by atoms with van der Waals surface area (Å²) in [4.78, 5) is 10.4. The molecule has 0 radical (unpaired) electrons. The Bertz CT molecular complexity index is 3110. The molecule has 0 unspecified atom stereocenters. The molecule has 0 N–H and O–H groups in total. The fourth-order valence-electron chi connectivity index (χ4n) is 7.68. The number of hydrogen-bond donors (Lipinski definition) is 0. The SMILES string of the molecule is c1ccc(-n2c3ccccc3c3c4oc5c(-c6nc(-c7cccc8c7oc7ccccc78)c7ccccc7n6)cccc5c4ccc32)cc1. The number of hydrogen-bond acceptors (Lipinski definition) is 4. The highest BCUT2D eigenvalue weighted by atomic mass is 16.3. The predicted molar refractivity (Wildman–Crippen MR) is 199 cm³/mol. The molecule has 4 heterocycles. The molecule has 5 nitrogen and oxygen atoms in total. The first-order valence-corrected chi connectivity index (χ1v) is 16.4. The monoisotopic (exact) mass is 627 g/mol. The third-order valence-corrected chi connectivity index (χ3v) is 9.82. The number of aromatic nitrogens is 3. The Labute approximate surface area is 279 Å². The van der Waals surface area contributed by atoms with Crippen LogP contribution in [0.4, 0.5) is 0 Å². The van der Waals surface area contributed by atoms with Gasteiger partial charge in [-0.1, -0.05) is 97.1 Å². The lowest BCUT2D eigenvalue weighted by Crippen LogP contribution is -1.95. The van der Waals surface area contributed by atoms with Crippen molar-refractivity contribution in [2.45, 2.75) is 0 Å². The van der Waals surface area contributed by atoms with Crippen LogP contribution >= 0.6 is 0 Å². The molecule has 0 amide bonds. The fraction of sp³-hybridized carbons (Fsp3) is 0. The Hall–Kier alpha value is -6.72. The van der Waals surface area contributed by atoms with Crippen molar-refractivity contribution < 1.29 is 8.83 Å². The molecular weight excluding hydrogens is 603 g/mol. The first kappa shape index (κ1) is 26.4. The molecule has 0 aliphatic carbocycles. The van der Waals surface area contributed by atoms with Crippen LogP contribution in [0, 0.1) is 0 Å². The minimum absolute atomic E-state index is 0.606. The zero-order valence-electron chi connectivity index (χ0n) is 26.1. The van der Waals surface area contributed by atoms with Crippen molar-refractivity contribution in [2.75, 3.05) is 0 Å². The van der Waals surface area contributed by atoms with E-state index in [4.69, 9.17) is 18.8 Å². The largest absolute Gasteiger partial charge is 0.455 e. The molecule has 0 atom stereocenters.